The number of rotatable bonds is 5. The molecule has 0 amide bonds. The molecular weight excluding hydrogens is 432 g/mol. The van der Waals surface area contributed by atoms with E-state index < -0.39 is 18.6 Å². The van der Waals surface area contributed by atoms with Gasteiger partial charge in [0, 0.05) is 42.3 Å². The van der Waals surface area contributed by atoms with Crippen LogP contribution >= 0.6 is 40.7 Å². The zero-order valence-corrected chi connectivity index (χ0v) is 16.5. The van der Waals surface area contributed by atoms with Crippen molar-refractivity contribution >= 4 is 40.7 Å². The fraction of sp³-hybridized carbons (Fsp3) is 0.600. The van der Waals surface area contributed by atoms with Gasteiger partial charge in [-0.15, -0.1) is 24.8 Å². The van der Waals surface area contributed by atoms with Crippen LogP contribution in [0.2, 0.25) is 0 Å². The van der Waals surface area contributed by atoms with Gasteiger partial charge in [0.1, 0.15) is 5.75 Å². The van der Waals surface area contributed by atoms with E-state index in [4.69, 9.17) is 4.74 Å². The lowest BCUT2D eigenvalue weighted by molar-refractivity contribution is -0.148. The number of halogens is 6. The Hall–Kier alpha value is -0.210. The molecule has 1 atom stereocenters. The average Bonchev–Trinajstić information content (AvgIpc) is 2.47. The van der Waals surface area contributed by atoms with Crippen molar-refractivity contribution < 1.29 is 17.9 Å². The summed E-state index contributed by atoms with van der Waals surface area (Å²) < 4.78 is 45.5. The molecule has 2 rings (SSSR count). The van der Waals surface area contributed by atoms with Crippen molar-refractivity contribution in [1.82, 2.24) is 10.2 Å². The van der Waals surface area contributed by atoms with Gasteiger partial charge in [-0.2, -0.15) is 13.2 Å². The van der Waals surface area contributed by atoms with Crippen LogP contribution in [0.3, 0.4) is 0 Å². The standard InChI is InChI=1S/C15H20BrF3N2O.2ClH/c1-2-22-14-4-3-11(16)9-12(14)13(10-15(17,18)19)21-7-5-20-6-8-21;;/h3-4,9,13,20H,2,5-8,10H2,1H3;2*1H/t13-;;/m1../s1. The second-order valence-electron chi connectivity index (χ2n) is 5.24. The van der Waals surface area contributed by atoms with Crippen LogP contribution in [0.1, 0.15) is 24.9 Å². The maximum Gasteiger partial charge on any atom is 0.390 e. The quantitative estimate of drug-likeness (QED) is 0.705. The van der Waals surface area contributed by atoms with Crippen LogP contribution in [0, 0.1) is 0 Å². The van der Waals surface area contributed by atoms with Crippen LogP contribution in [-0.4, -0.2) is 43.9 Å². The zero-order chi connectivity index (χ0) is 16.2. The molecule has 1 heterocycles. The van der Waals surface area contributed by atoms with Crippen LogP contribution in [0.15, 0.2) is 22.7 Å². The Balaban J connectivity index is 0.00000264. The third-order valence-electron chi connectivity index (χ3n) is 3.65. The fourth-order valence-corrected chi connectivity index (χ4v) is 3.09. The molecular formula is C15H22BrCl2F3N2O. The summed E-state index contributed by atoms with van der Waals surface area (Å²) in [7, 11) is 0. The summed E-state index contributed by atoms with van der Waals surface area (Å²) in [5.74, 6) is 0.526. The maximum absolute atomic E-state index is 13.1. The Labute approximate surface area is 161 Å². The highest BCUT2D eigenvalue weighted by molar-refractivity contribution is 9.10. The summed E-state index contributed by atoms with van der Waals surface area (Å²) in [5.41, 5.74) is 0.593. The minimum Gasteiger partial charge on any atom is -0.494 e. The van der Waals surface area contributed by atoms with E-state index in [2.05, 4.69) is 21.2 Å². The van der Waals surface area contributed by atoms with Crippen LogP contribution in [0.4, 0.5) is 13.2 Å². The SMILES string of the molecule is CCOc1ccc(Br)cc1[C@@H](CC(F)(F)F)N1CCNCC1.Cl.Cl. The fourth-order valence-electron chi connectivity index (χ4n) is 2.72. The van der Waals surface area contributed by atoms with Gasteiger partial charge in [-0.25, -0.2) is 0 Å². The van der Waals surface area contributed by atoms with E-state index >= 15 is 0 Å². The van der Waals surface area contributed by atoms with Crippen molar-refractivity contribution in [2.75, 3.05) is 32.8 Å². The van der Waals surface area contributed by atoms with E-state index in [1.807, 2.05) is 11.8 Å². The highest BCUT2D eigenvalue weighted by atomic mass is 79.9. The van der Waals surface area contributed by atoms with Crippen molar-refractivity contribution in [2.45, 2.75) is 25.6 Å². The molecule has 0 bridgehead atoms. The molecule has 1 aliphatic rings. The van der Waals surface area contributed by atoms with E-state index in [0.717, 1.165) is 4.47 Å². The van der Waals surface area contributed by atoms with Crippen LogP contribution in [-0.2, 0) is 0 Å². The smallest absolute Gasteiger partial charge is 0.390 e. The van der Waals surface area contributed by atoms with Gasteiger partial charge in [0.15, 0.2) is 0 Å². The molecule has 0 aliphatic carbocycles. The normalized spacial score (nSPS) is 16.7. The largest absolute Gasteiger partial charge is 0.494 e. The highest BCUT2D eigenvalue weighted by Gasteiger charge is 2.37. The molecule has 1 aromatic carbocycles. The molecule has 24 heavy (non-hydrogen) atoms. The Morgan fingerprint density at radius 1 is 1.25 bits per heavy atom. The van der Waals surface area contributed by atoms with E-state index in [0.29, 0.717) is 44.1 Å². The molecule has 0 saturated carbocycles. The molecule has 0 spiro atoms. The van der Waals surface area contributed by atoms with E-state index in [1.165, 1.54) is 0 Å². The summed E-state index contributed by atoms with van der Waals surface area (Å²) in [6.07, 6.45) is -5.09. The first kappa shape index (κ1) is 23.8. The highest BCUT2D eigenvalue weighted by Crippen LogP contribution is 2.39. The minimum atomic E-state index is -4.22. The summed E-state index contributed by atoms with van der Waals surface area (Å²) >= 11 is 3.35. The van der Waals surface area contributed by atoms with Crippen molar-refractivity contribution in [3.8, 4) is 5.75 Å². The molecule has 1 aromatic rings. The molecule has 3 nitrogen and oxygen atoms in total. The van der Waals surface area contributed by atoms with Gasteiger partial charge in [0.2, 0.25) is 0 Å². The maximum atomic E-state index is 13.1. The van der Waals surface area contributed by atoms with Gasteiger partial charge in [-0.3, -0.25) is 4.90 Å². The molecule has 1 aliphatic heterocycles. The number of ether oxygens (including phenoxy) is 1. The van der Waals surface area contributed by atoms with Gasteiger partial charge in [-0.1, -0.05) is 15.9 Å². The number of hydrogen-bond acceptors (Lipinski definition) is 3. The lowest BCUT2D eigenvalue weighted by Gasteiger charge is -2.36. The van der Waals surface area contributed by atoms with E-state index in [9.17, 15) is 13.2 Å². The summed E-state index contributed by atoms with van der Waals surface area (Å²) in [6.45, 7) is 4.85. The number of alkyl halides is 3. The predicted octanol–water partition coefficient (Wildman–Crippen LogP) is 4.59. The average molecular weight is 454 g/mol. The Bertz CT molecular complexity index is 500. The third-order valence-corrected chi connectivity index (χ3v) is 4.14. The van der Waals surface area contributed by atoms with Crippen molar-refractivity contribution in [3.05, 3.63) is 28.2 Å². The van der Waals surface area contributed by atoms with Crippen LogP contribution in [0.25, 0.3) is 0 Å². The van der Waals surface area contributed by atoms with E-state index in [-0.39, 0.29) is 24.8 Å². The Kier molecular flexibility index (Phi) is 10.6. The third kappa shape index (κ3) is 6.96. The number of nitrogens with zero attached hydrogens (tertiary/aromatic N) is 1. The van der Waals surface area contributed by atoms with E-state index in [1.54, 1.807) is 18.2 Å². The predicted molar refractivity (Wildman–Crippen MR) is 97.7 cm³/mol. The summed E-state index contributed by atoms with van der Waals surface area (Å²) in [5, 5.41) is 3.17. The van der Waals surface area contributed by atoms with Crippen LogP contribution < -0.4 is 10.1 Å². The first-order valence-electron chi connectivity index (χ1n) is 7.34. The molecule has 140 valence electrons. The Morgan fingerprint density at radius 2 is 1.88 bits per heavy atom. The minimum absolute atomic E-state index is 0. The summed E-state index contributed by atoms with van der Waals surface area (Å²) in [4.78, 5) is 1.88. The van der Waals surface area contributed by atoms with Crippen molar-refractivity contribution in [3.63, 3.8) is 0 Å². The van der Waals surface area contributed by atoms with Crippen molar-refractivity contribution in [1.29, 1.82) is 0 Å². The Morgan fingerprint density at radius 3 is 2.42 bits per heavy atom. The molecule has 1 fully saturated rings. The second kappa shape index (κ2) is 10.7. The molecule has 0 aromatic heterocycles. The number of piperazine rings is 1. The molecule has 1 N–H and O–H groups in total. The first-order chi connectivity index (χ1) is 10.4. The van der Waals surface area contributed by atoms with Crippen LogP contribution in [0.5, 0.6) is 5.75 Å². The number of hydrogen-bond donors (Lipinski definition) is 1. The lowest BCUT2D eigenvalue weighted by atomic mass is 9.99. The molecule has 0 unspecified atom stereocenters. The topological polar surface area (TPSA) is 24.5 Å². The number of benzene rings is 1. The van der Waals surface area contributed by atoms with Gasteiger partial charge in [0.05, 0.1) is 13.0 Å². The number of nitrogens with one attached hydrogen (secondary N) is 1. The van der Waals surface area contributed by atoms with Gasteiger partial charge in [0.25, 0.3) is 0 Å². The first-order valence-corrected chi connectivity index (χ1v) is 8.14. The van der Waals surface area contributed by atoms with Crippen molar-refractivity contribution in [2.24, 2.45) is 0 Å². The van der Waals surface area contributed by atoms with Gasteiger partial charge >= 0.3 is 6.18 Å². The summed E-state index contributed by atoms with van der Waals surface area (Å²) in [6, 6.07) is 4.54. The molecule has 1 saturated heterocycles. The lowest BCUT2D eigenvalue weighted by Crippen LogP contribution is -2.46. The van der Waals surface area contributed by atoms with Gasteiger partial charge < -0.3 is 10.1 Å². The molecule has 0 radical (unpaired) electrons. The zero-order valence-electron chi connectivity index (χ0n) is 13.2. The second-order valence-corrected chi connectivity index (χ2v) is 6.15. The molecule has 9 heteroatoms. The van der Waals surface area contributed by atoms with Gasteiger partial charge in [-0.05, 0) is 25.1 Å². The monoisotopic (exact) mass is 452 g/mol.